The Hall–Kier alpha value is -2.18. The van der Waals surface area contributed by atoms with Crippen molar-refractivity contribution in [3.05, 3.63) is 28.6 Å². The Balaban J connectivity index is 2.14. The largest absolute Gasteiger partial charge is 0.481 e. The van der Waals surface area contributed by atoms with Crippen LogP contribution in [0.1, 0.15) is 12.8 Å². The Kier molecular flexibility index (Phi) is 3.40. The molecule has 0 bridgehead atoms. The van der Waals surface area contributed by atoms with Crippen LogP contribution in [0.15, 0.2) is 18.5 Å². The van der Waals surface area contributed by atoms with Crippen molar-refractivity contribution in [2.24, 2.45) is 5.92 Å². The summed E-state index contributed by atoms with van der Waals surface area (Å²) in [6.07, 6.45) is 3.58. The number of pyridine rings is 1. The van der Waals surface area contributed by atoms with Crippen LogP contribution in [0.5, 0.6) is 0 Å². The Morgan fingerprint density at radius 2 is 2.44 bits per heavy atom. The molecule has 1 fully saturated rings. The third kappa shape index (κ3) is 2.55. The molecule has 18 heavy (non-hydrogen) atoms. The summed E-state index contributed by atoms with van der Waals surface area (Å²) in [5.74, 6) is -0.777. The second-order valence-electron chi connectivity index (χ2n) is 4.32. The van der Waals surface area contributed by atoms with Gasteiger partial charge in [0.25, 0.3) is 0 Å². The van der Waals surface area contributed by atoms with E-state index in [-0.39, 0.29) is 18.0 Å². The van der Waals surface area contributed by atoms with Crippen LogP contribution in [0.2, 0.25) is 0 Å². The lowest BCUT2D eigenvalue weighted by molar-refractivity contribution is -0.384. The first-order valence-corrected chi connectivity index (χ1v) is 5.63. The van der Waals surface area contributed by atoms with E-state index >= 15 is 0 Å². The van der Waals surface area contributed by atoms with Crippen molar-refractivity contribution in [2.45, 2.75) is 12.8 Å². The molecule has 0 saturated carbocycles. The standard InChI is InChI=1S/C11H13N3O4/c15-11(16)5-8-2-4-13(7-8)9-1-3-12-6-10(9)14(17)18/h1,3,6,8H,2,4-5,7H2,(H,15,16). The molecule has 1 aromatic rings. The maximum atomic E-state index is 10.9. The van der Waals surface area contributed by atoms with Gasteiger partial charge in [-0.05, 0) is 18.4 Å². The molecule has 0 radical (unpaired) electrons. The first-order valence-electron chi connectivity index (χ1n) is 5.63. The minimum atomic E-state index is -0.828. The van der Waals surface area contributed by atoms with E-state index < -0.39 is 10.9 Å². The van der Waals surface area contributed by atoms with Gasteiger partial charge in [0.2, 0.25) is 0 Å². The Labute approximate surface area is 103 Å². The predicted octanol–water partition coefficient (Wildman–Crippen LogP) is 1.29. The molecule has 1 aliphatic rings. The van der Waals surface area contributed by atoms with Gasteiger partial charge in [0, 0.05) is 25.7 Å². The zero-order valence-corrected chi connectivity index (χ0v) is 9.65. The summed E-state index contributed by atoms with van der Waals surface area (Å²) < 4.78 is 0. The van der Waals surface area contributed by atoms with E-state index in [0.29, 0.717) is 18.8 Å². The van der Waals surface area contributed by atoms with Crippen molar-refractivity contribution in [2.75, 3.05) is 18.0 Å². The van der Waals surface area contributed by atoms with Crippen molar-refractivity contribution < 1.29 is 14.8 Å². The van der Waals surface area contributed by atoms with Gasteiger partial charge in [0.05, 0.1) is 4.92 Å². The Morgan fingerprint density at radius 3 is 3.11 bits per heavy atom. The zero-order valence-electron chi connectivity index (χ0n) is 9.65. The molecular formula is C11H13N3O4. The van der Waals surface area contributed by atoms with Gasteiger partial charge >= 0.3 is 11.7 Å². The maximum absolute atomic E-state index is 10.9. The average molecular weight is 251 g/mol. The number of hydrogen-bond acceptors (Lipinski definition) is 5. The number of carboxylic acids is 1. The van der Waals surface area contributed by atoms with Crippen molar-refractivity contribution in [3.63, 3.8) is 0 Å². The molecule has 2 heterocycles. The summed E-state index contributed by atoms with van der Waals surface area (Å²) in [6.45, 7) is 1.18. The van der Waals surface area contributed by atoms with Crippen LogP contribution >= 0.6 is 0 Å². The molecule has 0 amide bonds. The zero-order chi connectivity index (χ0) is 13.1. The van der Waals surface area contributed by atoms with Crippen LogP contribution in [0.25, 0.3) is 0 Å². The van der Waals surface area contributed by atoms with Gasteiger partial charge in [-0.25, -0.2) is 0 Å². The quantitative estimate of drug-likeness (QED) is 0.639. The molecule has 1 aliphatic heterocycles. The minimum Gasteiger partial charge on any atom is -0.481 e. The molecule has 2 rings (SSSR count). The fourth-order valence-corrected chi connectivity index (χ4v) is 2.25. The van der Waals surface area contributed by atoms with E-state index in [1.807, 2.05) is 4.90 Å². The number of aromatic nitrogens is 1. The lowest BCUT2D eigenvalue weighted by Gasteiger charge is -2.17. The average Bonchev–Trinajstić information content (AvgIpc) is 2.76. The fraction of sp³-hybridized carbons (Fsp3) is 0.455. The summed E-state index contributed by atoms with van der Waals surface area (Å²) in [4.78, 5) is 26.7. The first-order chi connectivity index (χ1) is 8.58. The summed E-state index contributed by atoms with van der Waals surface area (Å²) in [6, 6.07) is 1.60. The molecule has 1 saturated heterocycles. The molecular weight excluding hydrogens is 238 g/mol. The van der Waals surface area contributed by atoms with Gasteiger partial charge in [-0.1, -0.05) is 0 Å². The number of carbonyl (C=O) groups is 1. The molecule has 0 spiro atoms. The van der Waals surface area contributed by atoms with E-state index in [9.17, 15) is 14.9 Å². The topological polar surface area (TPSA) is 96.6 Å². The van der Waals surface area contributed by atoms with Gasteiger partial charge in [0.15, 0.2) is 0 Å². The Bertz CT molecular complexity index is 477. The SMILES string of the molecule is O=C(O)CC1CCN(c2ccncc2[N+](=O)[O-])C1. The molecule has 7 heteroatoms. The second kappa shape index (κ2) is 4.99. The molecule has 1 unspecified atom stereocenters. The molecule has 1 atom stereocenters. The second-order valence-corrected chi connectivity index (χ2v) is 4.32. The summed E-state index contributed by atoms with van der Waals surface area (Å²) in [7, 11) is 0. The van der Waals surface area contributed by atoms with Gasteiger partial charge in [-0.2, -0.15) is 0 Å². The fourth-order valence-electron chi connectivity index (χ4n) is 2.25. The number of nitrogens with zero attached hydrogens (tertiary/aromatic N) is 3. The highest BCUT2D eigenvalue weighted by molar-refractivity contribution is 5.68. The smallest absolute Gasteiger partial charge is 0.310 e. The van der Waals surface area contributed by atoms with Gasteiger partial charge in [0.1, 0.15) is 11.9 Å². The van der Waals surface area contributed by atoms with Crippen LogP contribution in [-0.4, -0.2) is 34.1 Å². The third-order valence-corrected chi connectivity index (χ3v) is 3.06. The van der Waals surface area contributed by atoms with Crippen LogP contribution in [0.4, 0.5) is 11.4 Å². The van der Waals surface area contributed by atoms with E-state index in [1.54, 1.807) is 6.07 Å². The number of hydrogen-bond donors (Lipinski definition) is 1. The lowest BCUT2D eigenvalue weighted by atomic mass is 10.1. The van der Waals surface area contributed by atoms with Gasteiger partial charge in [-0.15, -0.1) is 0 Å². The van der Waals surface area contributed by atoms with Crippen LogP contribution in [0, 0.1) is 16.0 Å². The van der Waals surface area contributed by atoms with E-state index in [0.717, 1.165) is 6.42 Å². The highest BCUT2D eigenvalue weighted by Gasteiger charge is 2.28. The Morgan fingerprint density at radius 1 is 1.67 bits per heavy atom. The van der Waals surface area contributed by atoms with Crippen molar-refractivity contribution in [1.82, 2.24) is 4.98 Å². The first kappa shape index (κ1) is 12.3. The highest BCUT2D eigenvalue weighted by atomic mass is 16.6. The van der Waals surface area contributed by atoms with Gasteiger partial charge in [-0.3, -0.25) is 19.9 Å². The summed E-state index contributed by atoms with van der Waals surface area (Å²) in [5.41, 5.74) is 0.483. The van der Waals surface area contributed by atoms with E-state index in [1.165, 1.54) is 12.4 Å². The normalized spacial score (nSPS) is 18.9. The molecule has 1 N–H and O–H groups in total. The van der Waals surface area contributed by atoms with Crippen LogP contribution in [0.3, 0.4) is 0 Å². The van der Waals surface area contributed by atoms with Gasteiger partial charge < -0.3 is 10.0 Å². The number of nitro groups is 1. The molecule has 0 aliphatic carbocycles. The molecule has 1 aromatic heterocycles. The van der Waals surface area contributed by atoms with Crippen LogP contribution in [-0.2, 0) is 4.79 Å². The highest BCUT2D eigenvalue weighted by Crippen LogP contribution is 2.31. The third-order valence-electron chi connectivity index (χ3n) is 3.06. The van der Waals surface area contributed by atoms with Crippen molar-refractivity contribution in [1.29, 1.82) is 0 Å². The summed E-state index contributed by atoms with van der Waals surface area (Å²) >= 11 is 0. The number of anilines is 1. The van der Waals surface area contributed by atoms with Crippen LogP contribution < -0.4 is 4.90 Å². The minimum absolute atomic E-state index is 0.0338. The van der Waals surface area contributed by atoms with Crippen molar-refractivity contribution >= 4 is 17.3 Å². The summed E-state index contributed by atoms with van der Waals surface area (Å²) in [5, 5.41) is 19.6. The number of aliphatic carboxylic acids is 1. The van der Waals surface area contributed by atoms with E-state index in [4.69, 9.17) is 5.11 Å². The predicted molar refractivity (Wildman–Crippen MR) is 63.5 cm³/mol. The molecule has 96 valence electrons. The number of carboxylic acid groups (broad SMARTS) is 1. The maximum Gasteiger partial charge on any atom is 0.310 e. The molecule has 7 nitrogen and oxygen atoms in total. The van der Waals surface area contributed by atoms with E-state index in [2.05, 4.69) is 4.98 Å². The van der Waals surface area contributed by atoms with Crippen molar-refractivity contribution in [3.8, 4) is 0 Å². The molecule has 0 aromatic carbocycles. The number of rotatable bonds is 4. The monoisotopic (exact) mass is 251 g/mol. The lowest BCUT2D eigenvalue weighted by Crippen LogP contribution is -2.21.